The van der Waals surface area contributed by atoms with Crippen LogP contribution >= 0.6 is 10.7 Å². The number of hydrogen-bond donors (Lipinski definition) is 1. The van der Waals surface area contributed by atoms with Crippen LogP contribution in [-0.4, -0.2) is 20.6 Å². The number of hydrogen-bond acceptors (Lipinski definition) is 4. The molecule has 1 fully saturated rings. The van der Waals surface area contributed by atoms with Gasteiger partial charge in [0.15, 0.2) is 0 Å². The molecule has 0 bridgehead atoms. The lowest BCUT2D eigenvalue weighted by Crippen LogP contribution is -2.33. The Morgan fingerprint density at radius 3 is 2.75 bits per heavy atom. The zero-order valence-corrected chi connectivity index (χ0v) is 10.7. The Kier molecular flexibility index (Phi) is 4.86. The zero-order valence-electron chi connectivity index (χ0n) is 9.11. The van der Waals surface area contributed by atoms with Crippen molar-refractivity contribution in [1.29, 1.82) is 0 Å². The van der Waals surface area contributed by atoms with Gasteiger partial charge in [0, 0.05) is 10.7 Å². The van der Waals surface area contributed by atoms with Crippen molar-refractivity contribution >= 4 is 26.0 Å². The summed E-state index contributed by atoms with van der Waals surface area (Å²) in [6.07, 6.45) is 3.60. The van der Waals surface area contributed by atoms with E-state index in [9.17, 15) is 13.2 Å². The lowest BCUT2D eigenvalue weighted by atomic mass is 9.86. The van der Waals surface area contributed by atoms with Gasteiger partial charge in [-0.05, 0) is 25.2 Å². The molecule has 1 aliphatic carbocycles. The summed E-state index contributed by atoms with van der Waals surface area (Å²) in [4.78, 5) is 11.1. The van der Waals surface area contributed by atoms with E-state index >= 15 is 0 Å². The van der Waals surface area contributed by atoms with Gasteiger partial charge in [0.05, 0.1) is 0 Å². The Hall–Kier alpha value is -0.490. The first kappa shape index (κ1) is 13.6. The second kappa shape index (κ2) is 5.72. The van der Waals surface area contributed by atoms with Gasteiger partial charge in [-0.1, -0.05) is 19.8 Å². The maximum atomic E-state index is 11.1. The molecule has 94 valence electrons. The predicted molar refractivity (Wildman–Crippen MR) is 60.4 cm³/mol. The lowest BCUT2D eigenvalue weighted by Gasteiger charge is -2.27. The number of ether oxygens (including phenoxy) is 1. The van der Waals surface area contributed by atoms with Crippen LogP contribution in [0, 0.1) is 5.92 Å². The van der Waals surface area contributed by atoms with Gasteiger partial charge in [0.2, 0.25) is 0 Å². The minimum atomic E-state index is -4.05. The quantitative estimate of drug-likeness (QED) is 0.797. The fourth-order valence-corrected chi connectivity index (χ4v) is 2.43. The number of nitrogens with one attached hydrogen (secondary N) is 1. The summed E-state index contributed by atoms with van der Waals surface area (Å²) in [7, 11) is 0.816. The topological polar surface area (TPSA) is 72.5 Å². The average molecular weight is 270 g/mol. The van der Waals surface area contributed by atoms with E-state index in [0.717, 1.165) is 32.1 Å². The molecule has 1 amide bonds. The molecule has 1 N–H and O–H groups in total. The van der Waals surface area contributed by atoms with Crippen molar-refractivity contribution in [2.45, 2.75) is 45.1 Å². The van der Waals surface area contributed by atoms with Crippen LogP contribution < -0.4 is 4.72 Å². The summed E-state index contributed by atoms with van der Waals surface area (Å²) in [6, 6.07) is 0. The van der Waals surface area contributed by atoms with Crippen molar-refractivity contribution in [2.24, 2.45) is 5.92 Å². The summed E-state index contributed by atoms with van der Waals surface area (Å²) in [5.74, 6) is 0.555. The number of carbonyl (C=O) groups excluding carboxylic acids is 1. The average Bonchev–Trinajstić information content (AvgIpc) is 2.15. The third kappa shape index (κ3) is 5.03. The molecular weight excluding hydrogens is 254 g/mol. The predicted octanol–water partition coefficient (Wildman–Crippen LogP) is 2.17. The van der Waals surface area contributed by atoms with Crippen LogP contribution in [0.2, 0.25) is 0 Å². The highest BCUT2D eigenvalue weighted by molar-refractivity contribution is 8.12. The second-order valence-corrected chi connectivity index (χ2v) is 6.31. The highest BCUT2D eigenvalue weighted by Crippen LogP contribution is 2.28. The third-order valence-electron chi connectivity index (χ3n) is 2.79. The lowest BCUT2D eigenvalue weighted by molar-refractivity contribution is 0.0628. The molecule has 1 saturated carbocycles. The van der Waals surface area contributed by atoms with Gasteiger partial charge in [-0.2, -0.15) is 8.42 Å². The SMILES string of the molecule is CCC1CCCC(OC(=O)NS(=O)(=O)Cl)C1. The molecule has 0 radical (unpaired) electrons. The van der Waals surface area contributed by atoms with Crippen LogP contribution in [0.4, 0.5) is 4.79 Å². The largest absolute Gasteiger partial charge is 0.446 e. The first-order valence-corrected chi connectivity index (χ1v) is 7.64. The van der Waals surface area contributed by atoms with Crippen LogP contribution in [0.1, 0.15) is 39.0 Å². The van der Waals surface area contributed by atoms with Gasteiger partial charge < -0.3 is 4.74 Å². The molecule has 0 aromatic rings. The number of halogens is 1. The summed E-state index contributed by atoms with van der Waals surface area (Å²) in [5, 5.41) is 0. The fourth-order valence-electron chi connectivity index (χ4n) is 1.99. The van der Waals surface area contributed by atoms with Crippen molar-refractivity contribution in [1.82, 2.24) is 4.72 Å². The van der Waals surface area contributed by atoms with E-state index in [2.05, 4.69) is 6.92 Å². The second-order valence-electron chi connectivity index (χ2n) is 4.01. The smallest absolute Gasteiger partial charge is 0.422 e. The van der Waals surface area contributed by atoms with Crippen molar-refractivity contribution in [2.75, 3.05) is 0 Å². The molecular formula is C9H16ClNO4S. The highest BCUT2D eigenvalue weighted by atomic mass is 35.7. The van der Waals surface area contributed by atoms with E-state index in [1.54, 1.807) is 4.72 Å². The van der Waals surface area contributed by atoms with Gasteiger partial charge in [-0.3, -0.25) is 0 Å². The van der Waals surface area contributed by atoms with Crippen molar-refractivity contribution < 1.29 is 17.9 Å². The Labute approximate surface area is 100 Å². The van der Waals surface area contributed by atoms with Gasteiger partial charge in [0.25, 0.3) is 0 Å². The Morgan fingerprint density at radius 1 is 1.50 bits per heavy atom. The monoisotopic (exact) mass is 269 g/mol. The fraction of sp³-hybridized carbons (Fsp3) is 0.889. The molecule has 0 heterocycles. The normalized spacial score (nSPS) is 26.1. The van der Waals surface area contributed by atoms with Crippen LogP contribution in [0.3, 0.4) is 0 Å². The van der Waals surface area contributed by atoms with Crippen LogP contribution in [0.25, 0.3) is 0 Å². The molecule has 16 heavy (non-hydrogen) atoms. The number of carbonyl (C=O) groups is 1. The number of rotatable bonds is 3. The van der Waals surface area contributed by atoms with E-state index in [1.807, 2.05) is 0 Å². The summed E-state index contributed by atoms with van der Waals surface area (Å²) < 4.78 is 27.7. The van der Waals surface area contributed by atoms with Gasteiger partial charge >= 0.3 is 15.3 Å². The molecule has 1 rings (SSSR count). The van der Waals surface area contributed by atoms with Crippen LogP contribution in [0.5, 0.6) is 0 Å². The Morgan fingerprint density at radius 2 is 2.19 bits per heavy atom. The molecule has 7 heteroatoms. The molecule has 0 spiro atoms. The van der Waals surface area contributed by atoms with Crippen molar-refractivity contribution in [3.05, 3.63) is 0 Å². The molecule has 0 saturated heterocycles. The number of amides is 1. The van der Waals surface area contributed by atoms with Gasteiger partial charge in [0.1, 0.15) is 6.10 Å². The van der Waals surface area contributed by atoms with E-state index in [1.165, 1.54) is 0 Å². The summed E-state index contributed by atoms with van der Waals surface area (Å²) >= 11 is 0. The van der Waals surface area contributed by atoms with E-state index in [-0.39, 0.29) is 6.10 Å². The Bertz CT molecular complexity index is 343. The van der Waals surface area contributed by atoms with Crippen LogP contribution in [-0.2, 0) is 14.0 Å². The molecule has 0 aromatic carbocycles. The molecule has 2 unspecified atom stereocenters. The molecule has 0 aromatic heterocycles. The van der Waals surface area contributed by atoms with E-state index in [0.29, 0.717) is 5.92 Å². The molecule has 5 nitrogen and oxygen atoms in total. The standard InChI is InChI=1S/C9H16ClNO4S/c1-2-7-4-3-5-8(6-7)15-9(12)11-16(10,13)14/h7-8H,2-6H2,1H3,(H,11,12). The highest BCUT2D eigenvalue weighted by Gasteiger charge is 2.24. The molecule has 1 aliphatic rings. The minimum absolute atomic E-state index is 0.197. The van der Waals surface area contributed by atoms with Gasteiger partial charge in [-0.25, -0.2) is 9.52 Å². The maximum absolute atomic E-state index is 11.1. The summed E-state index contributed by atoms with van der Waals surface area (Å²) in [5.41, 5.74) is 0. The molecule has 2 atom stereocenters. The maximum Gasteiger partial charge on any atom is 0.422 e. The zero-order chi connectivity index (χ0) is 12.2. The molecule has 0 aliphatic heterocycles. The van der Waals surface area contributed by atoms with Crippen LogP contribution in [0.15, 0.2) is 0 Å². The Balaban J connectivity index is 2.39. The third-order valence-corrected chi connectivity index (χ3v) is 3.43. The van der Waals surface area contributed by atoms with E-state index in [4.69, 9.17) is 15.4 Å². The summed E-state index contributed by atoms with van der Waals surface area (Å²) in [6.45, 7) is 2.09. The first-order valence-electron chi connectivity index (χ1n) is 5.33. The van der Waals surface area contributed by atoms with Crippen molar-refractivity contribution in [3.8, 4) is 0 Å². The first-order chi connectivity index (χ1) is 7.40. The van der Waals surface area contributed by atoms with Gasteiger partial charge in [-0.15, -0.1) is 0 Å². The van der Waals surface area contributed by atoms with E-state index < -0.39 is 15.3 Å². The minimum Gasteiger partial charge on any atom is -0.446 e. The van der Waals surface area contributed by atoms with Crippen molar-refractivity contribution in [3.63, 3.8) is 0 Å².